The Labute approximate surface area is 99.1 Å². The first-order valence-electron chi connectivity index (χ1n) is 5.20. The fraction of sp³-hybridized carbons (Fsp3) is 0.300. The molecule has 0 aliphatic heterocycles. The van der Waals surface area contributed by atoms with Crippen molar-refractivity contribution in [2.45, 2.75) is 13.5 Å². The summed E-state index contributed by atoms with van der Waals surface area (Å²) in [5.41, 5.74) is 3.41. The van der Waals surface area contributed by atoms with E-state index in [0.29, 0.717) is 12.4 Å². The van der Waals surface area contributed by atoms with Crippen molar-refractivity contribution in [3.05, 3.63) is 30.1 Å². The van der Waals surface area contributed by atoms with Crippen molar-refractivity contribution in [3.63, 3.8) is 0 Å². The second-order valence-electron chi connectivity index (χ2n) is 3.65. The number of hydrogen-bond donors (Lipinski definition) is 3. The third kappa shape index (κ3) is 2.34. The Morgan fingerprint density at radius 2 is 2.06 bits per heavy atom. The first-order valence-corrected chi connectivity index (χ1v) is 5.20. The molecule has 0 amide bonds. The molecule has 2 heterocycles. The maximum absolute atomic E-state index is 5.35. The third-order valence-electron chi connectivity index (χ3n) is 2.56. The molecule has 7 heteroatoms. The van der Waals surface area contributed by atoms with E-state index in [1.165, 1.54) is 6.33 Å². The molecule has 0 atom stereocenters. The van der Waals surface area contributed by atoms with Crippen LogP contribution in [0.4, 0.5) is 11.6 Å². The predicted octanol–water partition coefficient (Wildman–Crippen LogP) is 0.416. The minimum absolute atomic E-state index is 0.603. The summed E-state index contributed by atoms with van der Waals surface area (Å²) >= 11 is 0. The molecule has 0 unspecified atom stereocenters. The lowest BCUT2D eigenvalue weighted by Crippen LogP contribution is -2.13. The molecule has 2 aromatic rings. The van der Waals surface area contributed by atoms with Gasteiger partial charge in [0.1, 0.15) is 23.8 Å². The van der Waals surface area contributed by atoms with Crippen LogP contribution in [0.3, 0.4) is 0 Å². The zero-order valence-corrected chi connectivity index (χ0v) is 9.81. The van der Waals surface area contributed by atoms with Crippen LogP contribution >= 0.6 is 0 Å². The van der Waals surface area contributed by atoms with Crippen molar-refractivity contribution in [2.24, 2.45) is 12.9 Å². The van der Waals surface area contributed by atoms with Crippen LogP contribution in [0.2, 0.25) is 0 Å². The highest BCUT2D eigenvalue weighted by molar-refractivity contribution is 5.55. The Hall–Kier alpha value is -2.15. The number of aryl methyl sites for hydroxylation is 1. The molecular formula is C10H15N7. The van der Waals surface area contributed by atoms with Crippen molar-refractivity contribution in [1.82, 2.24) is 19.5 Å². The van der Waals surface area contributed by atoms with E-state index in [1.807, 2.05) is 24.7 Å². The smallest absolute Gasteiger partial charge is 0.148 e. The van der Waals surface area contributed by atoms with E-state index in [1.54, 1.807) is 6.20 Å². The largest absolute Gasteiger partial charge is 0.362 e. The number of nitrogen functional groups attached to an aromatic ring is 1. The van der Waals surface area contributed by atoms with Crippen LogP contribution in [-0.2, 0) is 13.6 Å². The molecule has 0 aliphatic rings. The molecule has 0 radical (unpaired) electrons. The van der Waals surface area contributed by atoms with Gasteiger partial charge in [0.25, 0.3) is 0 Å². The summed E-state index contributed by atoms with van der Waals surface area (Å²) in [6.45, 7) is 2.50. The minimum atomic E-state index is 0.603. The van der Waals surface area contributed by atoms with Gasteiger partial charge in [0, 0.05) is 25.0 Å². The fourth-order valence-electron chi connectivity index (χ4n) is 1.50. The quantitative estimate of drug-likeness (QED) is 0.523. The molecular weight excluding hydrogens is 218 g/mol. The lowest BCUT2D eigenvalue weighted by Gasteiger charge is -2.10. The highest BCUT2D eigenvalue weighted by Gasteiger charge is 2.06. The standard InChI is InChI=1S/C10H15N7/c1-7-9(14-6-15-10(7)16-11)13-5-8-12-3-4-17(8)2/h3-4,6H,5,11H2,1-2H3,(H2,13,14,15,16). The fourth-order valence-corrected chi connectivity index (χ4v) is 1.50. The van der Waals surface area contributed by atoms with E-state index >= 15 is 0 Å². The minimum Gasteiger partial charge on any atom is -0.362 e. The van der Waals surface area contributed by atoms with Gasteiger partial charge in [-0.15, -0.1) is 0 Å². The van der Waals surface area contributed by atoms with Gasteiger partial charge in [-0.25, -0.2) is 20.8 Å². The Balaban J connectivity index is 2.12. The molecule has 4 N–H and O–H groups in total. The van der Waals surface area contributed by atoms with Gasteiger partial charge in [-0.3, -0.25) is 0 Å². The van der Waals surface area contributed by atoms with Crippen molar-refractivity contribution in [2.75, 3.05) is 10.7 Å². The number of hydrazine groups is 1. The van der Waals surface area contributed by atoms with Crippen LogP contribution in [0.25, 0.3) is 0 Å². The lowest BCUT2D eigenvalue weighted by molar-refractivity contribution is 0.809. The molecule has 2 rings (SSSR count). The average molecular weight is 233 g/mol. The van der Waals surface area contributed by atoms with Gasteiger partial charge in [-0.05, 0) is 6.92 Å². The summed E-state index contributed by atoms with van der Waals surface area (Å²) in [5, 5.41) is 3.20. The second-order valence-corrected chi connectivity index (χ2v) is 3.65. The number of anilines is 2. The number of rotatable bonds is 4. The van der Waals surface area contributed by atoms with Crippen molar-refractivity contribution in [3.8, 4) is 0 Å². The van der Waals surface area contributed by atoms with Gasteiger partial charge < -0.3 is 15.3 Å². The number of hydrogen-bond acceptors (Lipinski definition) is 6. The number of nitrogens with zero attached hydrogens (tertiary/aromatic N) is 4. The molecule has 0 saturated heterocycles. The van der Waals surface area contributed by atoms with Crippen LogP contribution in [0.15, 0.2) is 18.7 Å². The van der Waals surface area contributed by atoms with Crippen molar-refractivity contribution in [1.29, 1.82) is 0 Å². The van der Waals surface area contributed by atoms with E-state index in [4.69, 9.17) is 5.84 Å². The topological polar surface area (TPSA) is 93.7 Å². The SMILES string of the molecule is Cc1c(NN)ncnc1NCc1nccn1C. The van der Waals surface area contributed by atoms with Crippen LogP contribution < -0.4 is 16.6 Å². The van der Waals surface area contributed by atoms with Crippen LogP contribution in [0, 0.1) is 6.92 Å². The average Bonchev–Trinajstić information content (AvgIpc) is 2.74. The van der Waals surface area contributed by atoms with Crippen molar-refractivity contribution < 1.29 is 0 Å². The number of aromatic nitrogens is 4. The molecule has 2 aromatic heterocycles. The second kappa shape index (κ2) is 4.79. The maximum atomic E-state index is 5.35. The molecule has 0 bridgehead atoms. The summed E-state index contributed by atoms with van der Waals surface area (Å²) < 4.78 is 1.95. The van der Waals surface area contributed by atoms with Gasteiger partial charge in [-0.1, -0.05) is 0 Å². The van der Waals surface area contributed by atoms with E-state index in [2.05, 4.69) is 25.7 Å². The summed E-state index contributed by atoms with van der Waals surface area (Å²) in [6.07, 6.45) is 5.12. The van der Waals surface area contributed by atoms with Gasteiger partial charge >= 0.3 is 0 Å². The predicted molar refractivity (Wildman–Crippen MR) is 65.1 cm³/mol. The Kier molecular flexibility index (Phi) is 3.20. The number of nitrogens with two attached hydrogens (primary N) is 1. The molecule has 90 valence electrons. The number of imidazole rings is 1. The summed E-state index contributed by atoms with van der Waals surface area (Å²) in [5.74, 6) is 7.64. The van der Waals surface area contributed by atoms with Gasteiger partial charge in [-0.2, -0.15) is 0 Å². The molecule has 17 heavy (non-hydrogen) atoms. The maximum Gasteiger partial charge on any atom is 0.148 e. The Bertz CT molecular complexity index is 505. The molecule has 0 spiro atoms. The van der Waals surface area contributed by atoms with E-state index in [9.17, 15) is 0 Å². The highest BCUT2D eigenvalue weighted by atomic mass is 15.3. The number of nitrogens with one attached hydrogen (secondary N) is 2. The van der Waals surface area contributed by atoms with Crippen LogP contribution in [0.1, 0.15) is 11.4 Å². The van der Waals surface area contributed by atoms with Gasteiger partial charge in [0.2, 0.25) is 0 Å². The molecule has 0 aliphatic carbocycles. The van der Waals surface area contributed by atoms with Crippen LogP contribution in [0.5, 0.6) is 0 Å². The first-order chi connectivity index (χ1) is 8.22. The monoisotopic (exact) mass is 233 g/mol. The van der Waals surface area contributed by atoms with E-state index in [0.717, 1.165) is 17.2 Å². The molecule has 0 fully saturated rings. The Morgan fingerprint density at radius 3 is 2.71 bits per heavy atom. The lowest BCUT2D eigenvalue weighted by atomic mass is 10.3. The van der Waals surface area contributed by atoms with E-state index in [-0.39, 0.29) is 0 Å². The van der Waals surface area contributed by atoms with Crippen molar-refractivity contribution >= 4 is 11.6 Å². The molecule has 0 saturated carbocycles. The van der Waals surface area contributed by atoms with Gasteiger partial charge in [0.15, 0.2) is 0 Å². The molecule has 0 aromatic carbocycles. The summed E-state index contributed by atoms with van der Waals surface area (Å²) in [6, 6.07) is 0. The van der Waals surface area contributed by atoms with Crippen LogP contribution in [-0.4, -0.2) is 19.5 Å². The zero-order valence-electron chi connectivity index (χ0n) is 9.81. The first kappa shape index (κ1) is 11.3. The molecule has 7 nitrogen and oxygen atoms in total. The zero-order chi connectivity index (χ0) is 12.3. The summed E-state index contributed by atoms with van der Waals surface area (Å²) in [7, 11) is 1.95. The Morgan fingerprint density at radius 1 is 1.29 bits per heavy atom. The van der Waals surface area contributed by atoms with Gasteiger partial charge in [0.05, 0.1) is 6.54 Å². The summed E-state index contributed by atoms with van der Waals surface area (Å²) in [4.78, 5) is 12.4. The van der Waals surface area contributed by atoms with E-state index < -0.39 is 0 Å². The highest BCUT2D eigenvalue weighted by Crippen LogP contribution is 2.17. The third-order valence-corrected chi connectivity index (χ3v) is 2.56. The normalized spacial score (nSPS) is 10.3.